The van der Waals surface area contributed by atoms with Gasteiger partial charge >= 0.3 is 5.97 Å². The largest absolute Gasteiger partial charge is 0.481 e. The highest BCUT2D eigenvalue weighted by Gasteiger charge is 2.38. The van der Waals surface area contributed by atoms with Crippen LogP contribution in [0.2, 0.25) is 5.02 Å². The molecule has 2 aromatic rings. The van der Waals surface area contributed by atoms with E-state index in [1.54, 1.807) is 6.92 Å². The molecule has 3 heterocycles. The van der Waals surface area contributed by atoms with Crippen LogP contribution in [0.3, 0.4) is 0 Å². The van der Waals surface area contributed by atoms with Crippen LogP contribution >= 0.6 is 11.6 Å². The fraction of sp³-hybridized carbons (Fsp3) is 0.429. The summed E-state index contributed by atoms with van der Waals surface area (Å²) < 4.78 is 27.3. The molecule has 0 bridgehead atoms. The van der Waals surface area contributed by atoms with E-state index in [2.05, 4.69) is 9.97 Å². The van der Waals surface area contributed by atoms with Crippen molar-refractivity contribution in [2.45, 2.75) is 30.7 Å². The summed E-state index contributed by atoms with van der Waals surface area (Å²) in [6.45, 7) is 1.74. The third-order valence-electron chi connectivity index (χ3n) is 4.25. The first-order valence-electron chi connectivity index (χ1n) is 7.18. The van der Waals surface area contributed by atoms with E-state index in [0.29, 0.717) is 23.9 Å². The number of piperidine rings is 1. The molecule has 2 atom stereocenters. The Hall–Kier alpha value is -1.64. The molecule has 1 saturated heterocycles. The number of carboxylic acid groups (broad SMARTS) is 1. The third kappa shape index (κ3) is 2.71. The van der Waals surface area contributed by atoms with Crippen LogP contribution in [0.15, 0.2) is 23.4 Å². The number of carbonyl (C=O) groups is 1. The molecule has 0 radical (unpaired) electrons. The Kier molecular flexibility index (Phi) is 4.07. The number of nitrogens with one attached hydrogen (secondary N) is 1. The second kappa shape index (κ2) is 5.77. The highest BCUT2D eigenvalue weighted by atomic mass is 35.5. The number of halogens is 1. The molecular formula is C14H16ClN3O4S. The number of aliphatic carboxylic acids is 1. The number of hydrogen-bond donors (Lipinski definition) is 2. The lowest BCUT2D eigenvalue weighted by Crippen LogP contribution is -2.47. The first-order valence-corrected chi connectivity index (χ1v) is 9.00. The summed E-state index contributed by atoms with van der Waals surface area (Å²) in [7, 11) is -3.87. The zero-order valence-electron chi connectivity index (χ0n) is 12.4. The van der Waals surface area contributed by atoms with Crippen molar-refractivity contribution in [3.8, 4) is 0 Å². The van der Waals surface area contributed by atoms with Gasteiger partial charge in [0.1, 0.15) is 10.5 Å². The summed E-state index contributed by atoms with van der Waals surface area (Å²) in [4.78, 5) is 18.1. The number of pyridine rings is 1. The van der Waals surface area contributed by atoms with Crippen molar-refractivity contribution < 1.29 is 18.3 Å². The second-order valence-electron chi connectivity index (χ2n) is 5.71. The average Bonchev–Trinajstić information content (AvgIpc) is 2.93. The maximum atomic E-state index is 13.0. The Morgan fingerprint density at radius 2 is 2.22 bits per heavy atom. The van der Waals surface area contributed by atoms with Gasteiger partial charge in [0.05, 0.1) is 16.3 Å². The van der Waals surface area contributed by atoms with Crippen molar-refractivity contribution in [2.24, 2.45) is 5.92 Å². The number of aromatic amines is 1. The molecule has 1 fully saturated rings. The second-order valence-corrected chi connectivity index (χ2v) is 7.97. The van der Waals surface area contributed by atoms with Crippen molar-refractivity contribution in [3.05, 3.63) is 23.5 Å². The fourth-order valence-electron chi connectivity index (χ4n) is 2.93. The van der Waals surface area contributed by atoms with Crippen molar-refractivity contribution in [2.75, 3.05) is 6.54 Å². The molecule has 0 amide bonds. The Balaban J connectivity index is 2.07. The average molecular weight is 358 g/mol. The molecule has 23 heavy (non-hydrogen) atoms. The Morgan fingerprint density at radius 3 is 2.91 bits per heavy atom. The molecule has 0 aromatic carbocycles. The lowest BCUT2D eigenvalue weighted by molar-refractivity contribution is -0.143. The van der Waals surface area contributed by atoms with Crippen LogP contribution in [0.1, 0.15) is 19.8 Å². The highest BCUT2D eigenvalue weighted by Crippen LogP contribution is 2.34. The van der Waals surface area contributed by atoms with Crippen LogP contribution in [0, 0.1) is 5.92 Å². The number of rotatable bonds is 3. The van der Waals surface area contributed by atoms with Crippen LogP contribution in [0.5, 0.6) is 0 Å². The summed E-state index contributed by atoms with van der Waals surface area (Å²) in [5.41, 5.74) is 0.385. The van der Waals surface area contributed by atoms with E-state index in [9.17, 15) is 18.3 Å². The van der Waals surface area contributed by atoms with E-state index in [4.69, 9.17) is 11.6 Å². The first kappa shape index (κ1) is 16.2. The van der Waals surface area contributed by atoms with Crippen LogP contribution in [-0.4, -0.2) is 46.4 Å². The zero-order valence-corrected chi connectivity index (χ0v) is 13.9. The normalized spacial score (nSPS) is 23.2. The predicted molar refractivity (Wildman–Crippen MR) is 84.8 cm³/mol. The summed E-state index contributed by atoms with van der Waals surface area (Å²) >= 11 is 6.13. The number of hydrogen-bond acceptors (Lipinski definition) is 4. The fourth-order valence-corrected chi connectivity index (χ4v) is 5.11. The lowest BCUT2D eigenvalue weighted by atomic mass is 9.96. The van der Waals surface area contributed by atoms with Crippen molar-refractivity contribution in [1.82, 2.24) is 14.3 Å². The molecule has 2 unspecified atom stereocenters. The van der Waals surface area contributed by atoms with E-state index in [-0.39, 0.29) is 22.5 Å². The zero-order chi connectivity index (χ0) is 16.8. The highest BCUT2D eigenvalue weighted by molar-refractivity contribution is 7.89. The number of nitrogens with zero attached hydrogens (tertiary/aromatic N) is 2. The predicted octanol–water partition coefficient (Wildman–Crippen LogP) is 2.09. The SMILES string of the molecule is CC1CCC(C(=O)O)CN1S(=O)(=O)c1c[nH]c2nccc(Cl)c12. The van der Waals surface area contributed by atoms with Gasteiger partial charge in [0.25, 0.3) is 0 Å². The topological polar surface area (TPSA) is 103 Å². The van der Waals surface area contributed by atoms with Gasteiger partial charge in [0.15, 0.2) is 0 Å². The molecule has 0 saturated carbocycles. The number of sulfonamides is 1. The van der Waals surface area contributed by atoms with Gasteiger partial charge in [0, 0.05) is 25.0 Å². The molecule has 3 rings (SSSR count). The van der Waals surface area contributed by atoms with E-state index in [1.807, 2.05) is 0 Å². The van der Waals surface area contributed by atoms with Gasteiger partial charge in [-0.2, -0.15) is 4.31 Å². The monoisotopic (exact) mass is 357 g/mol. The number of carboxylic acids is 1. The molecule has 9 heteroatoms. The quantitative estimate of drug-likeness (QED) is 0.875. The van der Waals surface area contributed by atoms with Gasteiger partial charge in [0.2, 0.25) is 10.0 Å². The van der Waals surface area contributed by atoms with Crippen LogP contribution in [0.4, 0.5) is 0 Å². The summed E-state index contributed by atoms with van der Waals surface area (Å²) in [6, 6.07) is 1.26. The minimum Gasteiger partial charge on any atom is -0.481 e. The third-order valence-corrected chi connectivity index (χ3v) is 6.57. The first-order chi connectivity index (χ1) is 10.8. The smallest absolute Gasteiger partial charge is 0.307 e. The number of aromatic nitrogens is 2. The van der Waals surface area contributed by atoms with Gasteiger partial charge in [-0.1, -0.05) is 11.6 Å². The maximum absolute atomic E-state index is 13.0. The molecule has 1 aliphatic rings. The maximum Gasteiger partial charge on any atom is 0.307 e. The van der Waals surface area contributed by atoms with E-state index < -0.39 is 21.9 Å². The minimum absolute atomic E-state index is 0.0310. The van der Waals surface area contributed by atoms with Gasteiger partial charge in [-0.15, -0.1) is 0 Å². The molecule has 124 valence electrons. The van der Waals surface area contributed by atoms with Crippen LogP contribution in [0.25, 0.3) is 11.0 Å². The number of H-pyrrole nitrogens is 1. The molecule has 0 spiro atoms. The number of fused-ring (bicyclic) bond motifs is 1. The van der Waals surface area contributed by atoms with Crippen molar-refractivity contribution >= 4 is 38.6 Å². The Bertz CT molecular complexity index is 864. The van der Waals surface area contributed by atoms with E-state index >= 15 is 0 Å². The van der Waals surface area contributed by atoms with E-state index in [0.717, 1.165) is 0 Å². The van der Waals surface area contributed by atoms with Gasteiger partial charge in [-0.05, 0) is 25.8 Å². The molecule has 7 nitrogen and oxygen atoms in total. The summed E-state index contributed by atoms with van der Waals surface area (Å²) in [5.74, 6) is -1.67. The van der Waals surface area contributed by atoms with Crippen molar-refractivity contribution in [3.63, 3.8) is 0 Å². The van der Waals surface area contributed by atoms with Crippen LogP contribution < -0.4 is 0 Å². The van der Waals surface area contributed by atoms with Gasteiger partial charge in [-0.25, -0.2) is 13.4 Å². The molecular weight excluding hydrogens is 342 g/mol. The Labute approximate surface area is 138 Å². The van der Waals surface area contributed by atoms with Gasteiger partial charge < -0.3 is 10.1 Å². The minimum atomic E-state index is -3.87. The van der Waals surface area contributed by atoms with Crippen molar-refractivity contribution in [1.29, 1.82) is 0 Å². The van der Waals surface area contributed by atoms with Crippen LogP contribution in [-0.2, 0) is 14.8 Å². The molecule has 2 aromatic heterocycles. The Morgan fingerprint density at radius 1 is 1.48 bits per heavy atom. The molecule has 2 N–H and O–H groups in total. The van der Waals surface area contributed by atoms with Gasteiger partial charge in [-0.3, -0.25) is 4.79 Å². The lowest BCUT2D eigenvalue weighted by Gasteiger charge is -2.35. The molecule has 0 aliphatic carbocycles. The standard InChI is InChI=1S/C14H16ClN3O4S/c1-8-2-3-9(14(19)20)7-18(8)23(21,22)11-6-17-13-12(11)10(15)4-5-16-13/h4-6,8-9H,2-3,7H2,1H3,(H,16,17)(H,19,20). The molecule has 1 aliphatic heterocycles. The summed E-state index contributed by atoms with van der Waals surface area (Å²) in [5, 5.41) is 9.81. The summed E-state index contributed by atoms with van der Waals surface area (Å²) in [6.07, 6.45) is 3.82. The van der Waals surface area contributed by atoms with E-state index in [1.165, 1.54) is 22.8 Å².